The monoisotopic (exact) mass is 318 g/mol. The number of carboxylic acids is 1. The normalized spacial score (nSPS) is 13.2. The molecule has 7 nitrogen and oxygen atoms in total. The lowest BCUT2D eigenvalue weighted by Gasteiger charge is -2.22. The highest BCUT2D eigenvalue weighted by molar-refractivity contribution is 6.22. The number of carbonyl (C=O) groups excluding carboxylic acids is 3. The number of carboxylic acid groups (broad SMARTS) is 1. The molecule has 0 radical (unpaired) electrons. The van der Waals surface area contributed by atoms with Crippen LogP contribution in [0.3, 0.4) is 0 Å². The van der Waals surface area contributed by atoms with Crippen LogP contribution >= 0.6 is 0 Å². The highest BCUT2D eigenvalue weighted by Crippen LogP contribution is 2.23. The molecular formula is C16H18N2O5. The van der Waals surface area contributed by atoms with Gasteiger partial charge in [0.15, 0.2) is 0 Å². The summed E-state index contributed by atoms with van der Waals surface area (Å²) in [5.41, 5.74) is 1.40. The molecule has 1 N–H and O–H groups in total. The lowest BCUT2D eigenvalue weighted by molar-refractivity contribution is -0.144. The van der Waals surface area contributed by atoms with E-state index in [0.29, 0.717) is 6.42 Å². The van der Waals surface area contributed by atoms with Gasteiger partial charge in [0.25, 0.3) is 11.8 Å². The van der Waals surface area contributed by atoms with Crippen molar-refractivity contribution in [3.05, 3.63) is 34.9 Å². The number of carbonyl (C=O) groups is 4. The fourth-order valence-corrected chi connectivity index (χ4v) is 2.51. The van der Waals surface area contributed by atoms with E-state index in [-0.39, 0.29) is 17.7 Å². The van der Waals surface area contributed by atoms with Crippen LogP contribution in [0.2, 0.25) is 0 Å². The molecule has 3 amide bonds. The van der Waals surface area contributed by atoms with Gasteiger partial charge in [-0.1, -0.05) is 18.6 Å². The van der Waals surface area contributed by atoms with E-state index >= 15 is 0 Å². The molecule has 0 saturated heterocycles. The first-order valence-corrected chi connectivity index (χ1v) is 7.31. The Morgan fingerprint density at radius 2 is 1.83 bits per heavy atom. The molecule has 0 fully saturated rings. The van der Waals surface area contributed by atoms with Gasteiger partial charge in [0.1, 0.15) is 13.1 Å². The maximum Gasteiger partial charge on any atom is 0.323 e. The van der Waals surface area contributed by atoms with Crippen molar-refractivity contribution in [2.45, 2.75) is 20.3 Å². The van der Waals surface area contributed by atoms with Gasteiger partial charge in [-0.2, -0.15) is 0 Å². The van der Waals surface area contributed by atoms with E-state index < -0.39 is 36.8 Å². The Balaban J connectivity index is 2.17. The van der Waals surface area contributed by atoms with Gasteiger partial charge in [-0.05, 0) is 25.5 Å². The SMILES string of the molecule is CCCN(CC(=O)O)C(=O)CN1C(=O)c2ccc(C)cc2C1=O. The van der Waals surface area contributed by atoms with E-state index in [9.17, 15) is 19.2 Å². The third kappa shape index (κ3) is 3.39. The quantitative estimate of drug-likeness (QED) is 0.787. The summed E-state index contributed by atoms with van der Waals surface area (Å²) in [6.45, 7) is 2.98. The van der Waals surface area contributed by atoms with Crippen molar-refractivity contribution in [1.82, 2.24) is 9.80 Å². The summed E-state index contributed by atoms with van der Waals surface area (Å²) in [5.74, 6) is -2.73. The number of aryl methyl sites for hydroxylation is 1. The van der Waals surface area contributed by atoms with E-state index in [0.717, 1.165) is 15.4 Å². The van der Waals surface area contributed by atoms with E-state index in [2.05, 4.69) is 0 Å². The zero-order valence-corrected chi connectivity index (χ0v) is 13.0. The van der Waals surface area contributed by atoms with Crippen molar-refractivity contribution in [2.24, 2.45) is 0 Å². The summed E-state index contributed by atoms with van der Waals surface area (Å²) in [7, 11) is 0. The van der Waals surface area contributed by atoms with Crippen LogP contribution < -0.4 is 0 Å². The second-order valence-electron chi connectivity index (χ2n) is 5.45. The van der Waals surface area contributed by atoms with Crippen LogP contribution in [0.4, 0.5) is 0 Å². The second-order valence-corrected chi connectivity index (χ2v) is 5.45. The van der Waals surface area contributed by atoms with Gasteiger partial charge in [-0.15, -0.1) is 0 Å². The molecule has 0 aliphatic carbocycles. The predicted octanol–water partition coefficient (Wildman–Crippen LogP) is 0.914. The Labute approximate surface area is 133 Å². The summed E-state index contributed by atoms with van der Waals surface area (Å²) < 4.78 is 0. The van der Waals surface area contributed by atoms with Crippen LogP contribution in [0.1, 0.15) is 39.6 Å². The van der Waals surface area contributed by atoms with Gasteiger partial charge in [0.2, 0.25) is 5.91 Å². The number of rotatable bonds is 6. The number of benzene rings is 1. The Kier molecular flexibility index (Phi) is 4.78. The summed E-state index contributed by atoms with van der Waals surface area (Å²) >= 11 is 0. The van der Waals surface area contributed by atoms with E-state index in [4.69, 9.17) is 5.11 Å². The highest BCUT2D eigenvalue weighted by Gasteiger charge is 2.37. The number of fused-ring (bicyclic) bond motifs is 1. The molecule has 1 aliphatic rings. The molecule has 1 aliphatic heterocycles. The number of amides is 3. The lowest BCUT2D eigenvalue weighted by Crippen LogP contribution is -2.44. The average Bonchev–Trinajstić information content (AvgIpc) is 2.71. The van der Waals surface area contributed by atoms with Crippen LogP contribution in [-0.4, -0.2) is 58.2 Å². The van der Waals surface area contributed by atoms with Crippen molar-refractivity contribution in [3.8, 4) is 0 Å². The molecule has 2 rings (SSSR count). The maximum atomic E-state index is 12.3. The molecule has 1 aromatic carbocycles. The Morgan fingerprint density at radius 3 is 2.43 bits per heavy atom. The summed E-state index contributed by atoms with van der Waals surface area (Å²) in [6.07, 6.45) is 0.584. The van der Waals surface area contributed by atoms with Gasteiger partial charge >= 0.3 is 5.97 Å². The van der Waals surface area contributed by atoms with Crippen molar-refractivity contribution in [3.63, 3.8) is 0 Å². The first-order chi connectivity index (χ1) is 10.8. The van der Waals surface area contributed by atoms with Gasteiger partial charge in [-0.3, -0.25) is 24.1 Å². The Morgan fingerprint density at radius 1 is 1.17 bits per heavy atom. The molecular weight excluding hydrogens is 300 g/mol. The van der Waals surface area contributed by atoms with Crippen molar-refractivity contribution in [2.75, 3.05) is 19.6 Å². The molecule has 7 heteroatoms. The van der Waals surface area contributed by atoms with Gasteiger partial charge in [-0.25, -0.2) is 0 Å². The maximum absolute atomic E-state index is 12.3. The minimum atomic E-state index is -1.13. The third-order valence-electron chi connectivity index (χ3n) is 3.59. The molecule has 1 heterocycles. The van der Waals surface area contributed by atoms with E-state index in [1.165, 1.54) is 0 Å². The van der Waals surface area contributed by atoms with Gasteiger partial charge < -0.3 is 10.0 Å². The van der Waals surface area contributed by atoms with Crippen LogP contribution in [0.5, 0.6) is 0 Å². The first kappa shape index (κ1) is 16.7. The van der Waals surface area contributed by atoms with Crippen molar-refractivity contribution < 1.29 is 24.3 Å². The zero-order chi connectivity index (χ0) is 17.1. The number of nitrogens with zero attached hydrogens (tertiary/aromatic N) is 2. The molecule has 0 aromatic heterocycles. The van der Waals surface area contributed by atoms with Crippen molar-refractivity contribution in [1.29, 1.82) is 0 Å². The summed E-state index contributed by atoms with van der Waals surface area (Å²) in [4.78, 5) is 49.7. The van der Waals surface area contributed by atoms with Crippen molar-refractivity contribution >= 4 is 23.7 Å². The largest absolute Gasteiger partial charge is 0.480 e. The van der Waals surface area contributed by atoms with Gasteiger partial charge in [0.05, 0.1) is 11.1 Å². The number of aliphatic carboxylic acids is 1. The Hall–Kier alpha value is -2.70. The smallest absolute Gasteiger partial charge is 0.323 e. The van der Waals surface area contributed by atoms with E-state index in [1.54, 1.807) is 18.2 Å². The van der Waals surface area contributed by atoms with Gasteiger partial charge in [0, 0.05) is 6.54 Å². The minimum absolute atomic E-state index is 0.257. The number of imide groups is 1. The molecule has 1 aromatic rings. The fraction of sp³-hybridized carbons (Fsp3) is 0.375. The number of hydrogen-bond acceptors (Lipinski definition) is 4. The molecule has 122 valence electrons. The van der Waals surface area contributed by atoms with E-state index in [1.807, 2.05) is 13.8 Å². The standard InChI is InChI=1S/C16H18N2O5/c1-3-6-17(9-14(20)21)13(19)8-18-15(22)11-5-4-10(2)7-12(11)16(18)23/h4-5,7H,3,6,8-9H2,1-2H3,(H,20,21). The predicted molar refractivity (Wildman–Crippen MR) is 81.1 cm³/mol. The fourth-order valence-electron chi connectivity index (χ4n) is 2.51. The summed E-state index contributed by atoms with van der Waals surface area (Å²) in [5, 5.41) is 8.86. The van der Waals surface area contributed by atoms with Crippen LogP contribution in [-0.2, 0) is 9.59 Å². The van der Waals surface area contributed by atoms with Crippen LogP contribution in [0, 0.1) is 6.92 Å². The molecule has 0 bridgehead atoms. The highest BCUT2D eigenvalue weighted by atomic mass is 16.4. The minimum Gasteiger partial charge on any atom is -0.480 e. The third-order valence-corrected chi connectivity index (χ3v) is 3.59. The van der Waals surface area contributed by atoms with Crippen LogP contribution in [0.15, 0.2) is 18.2 Å². The number of hydrogen-bond donors (Lipinski definition) is 1. The lowest BCUT2D eigenvalue weighted by atomic mass is 10.1. The molecule has 0 spiro atoms. The zero-order valence-electron chi connectivity index (χ0n) is 13.0. The summed E-state index contributed by atoms with van der Waals surface area (Å²) in [6, 6.07) is 4.90. The molecule has 0 unspecified atom stereocenters. The second kappa shape index (κ2) is 6.60. The Bertz CT molecular complexity index is 683. The average molecular weight is 318 g/mol. The topological polar surface area (TPSA) is 95.0 Å². The van der Waals surface area contributed by atoms with Crippen LogP contribution in [0.25, 0.3) is 0 Å². The first-order valence-electron chi connectivity index (χ1n) is 7.31. The molecule has 0 atom stereocenters. The molecule has 23 heavy (non-hydrogen) atoms. The molecule has 0 saturated carbocycles.